The highest BCUT2D eigenvalue weighted by atomic mass is 32.1. The number of piperidine rings is 1. The van der Waals surface area contributed by atoms with E-state index in [2.05, 4.69) is 10.3 Å². The van der Waals surface area contributed by atoms with Crippen molar-refractivity contribution in [3.8, 4) is 0 Å². The van der Waals surface area contributed by atoms with Gasteiger partial charge in [-0.25, -0.2) is 0 Å². The average Bonchev–Trinajstić information content (AvgIpc) is 3.30. The summed E-state index contributed by atoms with van der Waals surface area (Å²) in [6.07, 6.45) is 5.06. The second-order valence-electron chi connectivity index (χ2n) is 6.60. The highest BCUT2D eigenvalue weighted by molar-refractivity contribution is 7.12. The highest BCUT2D eigenvalue weighted by Crippen LogP contribution is 2.39. The fraction of sp³-hybridized carbons (Fsp3) is 0.389. The van der Waals surface area contributed by atoms with Gasteiger partial charge in [-0.3, -0.25) is 14.6 Å². The smallest absolute Gasteiger partial charge is 0.264 e. The van der Waals surface area contributed by atoms with Crippen molar-refractivity contribution < 1.29 is 9.59 Å². The lowest BCUT2D eigenvalue weighted by Crippen LogP contribution is -2.47. The summed E-state index contributed by atoms with van der Waals surface area (Å²) in [4.78, 5) is 31.8. The molecule has 1 saturated heterocycles. The van der Waals surface area contributed by atoms with E-state index in [0.717, 1.165) is 29.8 Å². The molecule has 4 rings (SSSR count). The first-order chi connectivity index (χ1) is 11.6. The minimum Gasteiger partial charge on any atom is -0.349 e. The molecule has 2 aromatic heterocycles. The maximum atomic E-state index is 12.7. The van der Waals surface area contributed by atoms with Crippen molar-refractivity contribution >= 4 is 23.2 Å². The van der Waals surface area contributed by atoms with Gasteiger partial charge in [-0.05, 0) is 54.8 Å². The summed E-state index contributed by atoms with van der Waals surface area (Å²) >= 11 is 1.51. The topological polar surface area (TPSA) is 62.3 Å². The third-order valence-corrected chi connectivity index (χ3v) is 6.10. The minimum atomic E-state index is -0.0763. The molecule has 3 heterocycles. The summed E-state index contributed by atoms with van der Waals surface area (Å²) in [6.45, 7) is 2.72. The van der Waals surface area contributed by atoms with Crippen molar-refractivity contribution in [2.75, 3.05) is 6.54 Å². The van der Waals surface area contributed by atoms with Gasteiger partial charge in [-0.15, -0.1) is 11.3 Å². The number of likely N-dealkylation sites (tertiary alicyclic amines) is 1. The Bertz CT molecular complexity index is 774. The van der Waals surface area contributed by atoms with Gasteiger partial charge in [0.2, 0.25) is 0 Å². The van der Waals surface area contributed by atoms with Crippen LogP contribution in [-0.4, -0.2) is 40.3 Å². The maximum Gasteiger partial charge on any atom is 0.264 e. The Morgan fingerprint density at radius 1 is 1.33 bits per heavy atom. The molecule has 2 bridgehead atoms. The largest absolute Gasteiger partial charge is 0.349 e. The average molecular weight is 341 g/mol. The Kier molecular flexibility index (Phi) is 3.84. The van der Waals surface area contributed by atoms with Crippen molar-refractivity contribution in [2.45, 2.75) is 31.8 Å². The molecule has 2 fully saturated rings. The van der Waals surface area contributed by atoms with E-state index in [1.165, 1.54) is 11.3 Å². The number of hydrogen-bond acceptors (Lipinski definition) is 4. The van der Waals surface area contributed by atoms with Gasteiger partial charge in [0, 0.05) is 31.0 Å². The van der Waals surface area contributed by atoms with Gasteiger partial charge in [0.15, 0.2) is 0 Å². The van der Waals surface area contributed by atoms with Gasteiger partial charge in [-0.2, -0.15) is 0 Å². The van der Waals surface area contributed by atoms with Crippen molar-refractivity contribution in [3.63, 3.8) is 0 Å². The van der Waals surface area contributed by atoms with E-state index in [4.69, 9.17) is 0 Å². The van der Waals surface area contributed by atoms with Crippen molar-refractivity contribution in [1.82, 2.24) is 15.2 Å². The zero-order chi connectivity index (χ0) is 16.7. The van der Waals surface area contributed by atoms with Crippen molar-refractivity contribution in [1.29, 1.82) is 0 Å². The Balaban J connectivity index is 1.41. The lowest BCUT2D eigenvalue weighted by atomic mass is 10.0. The number of carbonyl (C=O) groups excluding carboxylic acids is 2. The molecule has 5 nitrogen and oxygen atoms in total. The molecular formula is C18H19N3O2S. The molecule has 0 unspecified atom stereocenters. The lowest BCUT2D eigenvalue weighted by molar-refractivity contribution is 0.0684. The number of aromatic nitrogens is 1. The van der Waals surface area contributed by atoms with Gasteiger partial charge < -0.3 is 10.2 Å². The van der Waals surface area contributed by atoms with Crippen LogP contribution in [0.3, 0.4) is 0 Å². The molecule has 1 N–H and O–H groups in total. The van der Waals surface area contributed by atoms with Crippen molar-refractivity contribution in [3.05, 3.63) is 52.0 Å². The number of fused-ring (bicyclic) bond motifs is 2. The normalized spacial score (nSPS) is 25.0. The third kappa shape index (κ3) is 2.60. The summed E-state index contributed by atoms with van der Waals surface area (Å²) < 4.78 is 0. The first-order valence-corrected chi connectivity index (χ1v) is 9.07. The van der Waals surface area contributed by atoms with E-state index in [0.29, 0.717) is 11.5 Å². The molecule has 1 saturated carbocycles. The van der Waals surface area contributed by atoms with Crippen molar-refractivity contribution in [2.24, 2.45) is 5.92 Å². The monoisotopic (exact) mass is 341 g/mol. The Morgan fingerprint density at radius 2 is 2.21 bits per heavy atom. The van der Waals surface area contributed by atoms with Crippen LogP contribution >= 0.6 is 11.3 Å². The maximum absolute atomic E-state index is 12.7. The molecule has 2 aromatic rings. The first kappa shape index (κ1) is 15.3. The molecule has 1 aliphatic carbocycles. The molecule has 2 amide bonds. The zero-order valence-corrected chi connectivity index (χ0v) is 14.3. The van der Waals surface area contributed by atoms with Crippen LogP contribution < -0.4 is 5.32 Å². The summed E-state index contributed by atoms with van der Waals surface area (Å²) in [5.74, 6) is 0.416. The van der Waals surface area contributed by atoms with Crippen LogP contribution in [0.25, 0.3) is 0 Å². The van der Waals surface area contributed by atoms with E-state index in [-0.39, 0.29) is 23.9 Å². The molecule has 124 valence electrons. The molecule has 2 aliphatic rings. The van der Waals surface area contributed by atoms with Gasteiger partial charge in [0.1, 0.15) is 0 Å². The predicted octanol–water partition coefficient (Wildman–Crippen LogP) is 2.48. The number of amides is 2. The molecule has 24 heavy (non-hydrogen) atoms. The van der Waals surface area contributed by atoms with Crippen LogP contribution in [-0.2, 0) is 0 Å². The minimum absolute atomic E-state index is 0.0763. The van der Waals surface area contributed by atoms with Crippen LogP contribution in [0.4, 0.5) is 0 Å². The number of nitrogens with one attached hydrogen (secondary N) is 1. The summed E-state index contributed by atoms with van der Waals surface area (Å²) in [5.41, 5.74) is 1.64. The number of aryl methyl sites for hydroxylation is 1. The van der Waals surface area contributed by atoms with Crippen LogP contribution in [0.2, 0.25) is 0 Å². The number of rotatable bonds is 3. The van der Waals surface area contributed by atoms with E-state index in [9.17, 15) is 9.59 Å². The summed E-state index contributed by atoms with van der Waals surface area (Å²) in [7, 11) is 0. The van der Waals surface area contributed by atoms with E-state index >= 15 is 0 Å². The Labute approximate surface area is 144 Å². The fourth-order valence-electron chi connectivity index (χ4n) is 3.85. The number of carbonyl (C=O) groups is 2. The molecule has 0 radical (unpaired) electrons. The Hall–Kier alpha value is -2.21. The quantitative estimate of drug-likeness (QED) is 0.933. The molecule has 0 spiro atoms. The highest BCUT2D eigenvalue weighted by Gasteiger charge is 2.47. The molecular weight excluding hydrogens is 322 g/mol. The number of nitrogens with zero attached hydrogens (tertiary/aromatic N) is 2. The first-order valence-electron chi connectivity index (χ1n) is 8.19. The fourth-order valence-corrected chi connectivity index (χ4v) is 4.73. The van der Waals surface area contributed by atoms with Crippen LogP contribution in [0.1, 0.15) is 38.4 Å². The van der Waals surface area contributed by atoms with Gasteiger partial charge >= 0.3 is 0 Å². The summed E-state index contributed by atoms with van der Waals surface area (Å²) in [6, 6.07) is 5.91. The molecule has 6 heteroatoms. The molecule has 1 aliphatic heterocycles. The zero-order valence-electron chi connectivity index (χ0n) is 13.4. The lowest BCUT2D eigenvalue weighted by Gasteiger charge is -2.32. The van der Waals surface area contributed by atoms with Crippen LogP contribution in [0.15, 0.2) is 36.0 Å². The second kappa shape index (κ2) is 6.02. The Morgan fingerprint density at radius 3 is 2.83 bits per heavy atom. The van der Waals surface area contributed by atoms with Gasteiger partial charge in [0.05, 0.1) is 10.4 Å². The third-order valence-electron chi connectivity index (χ3n) is 5.10. The number of pyridine rings is 1. The SMILES string of the molecule is Cc1ccsc1C(=O)N1C[C@@H]2C[C@H]1C[C@@H]2NC(=O)c1cccnc1. The predicted molar refractivity (Wildman–Crippen MR) is 92.1 cm³/mol. The van der Waals surface area contributed by atoms with E-state index < -0.39 is 0 Å². The van der Waals surface area contributed by atoms with Crippen LogP contribution in [0, 0.1) is 12.8 Å². The van der Waals surface area contributed by atoms with Gasteiger partial charge in [-0.1, -0.05) is 0 Å². The van der Waals surface area contributed by atoms with E-state index in [1.807, 2.05) is 23.3 Å². The van der Waals surface area contributed by atoms with Crippen LogP contribution in [0.5, 0.6) is 0 Å². The van der Waals surface area contributed by atoms with E-state index in [1.54, 1.807) is 24.5 Å². The number of thiophene rings is 1. The van der Waals surface area contributed by atoms with Gasteiger partial charge in [0.25, 0.3) is 11.8 Å². The number of hydrogen-bond donors (Lipinski definition) is 1. The summed E-state index contributed by atoms with van der Waals surface area (Å²) in [5, 5.41) is 5.08. The second-order valence-corrected chi connectivity index (χ2v) is 7.51. The molecule has 3 atom stereocenters. The molecule has 0 aromatic carbocycles. The standard InChI is InChI=1S/C18H19N3O2S/c1-11-4-6-24-16(11)18(23)21-10-13-7-14(21)8-15(13)20-17(22)12-3-2-5-19-9-12/h2-6,9,13-15H,7-8,10H2,1H3,(H,20,22)/t13-,14-,15-/m0/s1.